The number of esters is 4. The molecule has 19 heteroatoms. The molecule has 0 aromatic carbocycles. The number of hydrogen-bond acceptors (Lipinski definition) is 15. The van der Waals surface area contributed by atoms with E-state index in [1.807, 2.05) is 0 Å². The second-order valence-corrected chi connectivity index (χ2v) is 31.3. The molecule has 0 aromatic rings. The van der Waals surface area contributed by atoms with Crippen LogP contribution >= 0.6 is 15.6 Å². The van der Waals surface area contributed by atoms with Crippen molar-refractivity contribution in [2.75, 3.05) is 39.6 Å². The van der Waals surface area contributed by atoms with Gasteiger partial charge in [0.1, 0.15) is 19.3 Å². The Morgan fingerprint density at radius 3 is 0.763 bits per heavy atom. The van der Waals surface area contributed by atoms with Gasteiger partial charge in [-0.05, 0) is 49.4 Å². The number of aliphatic hydroxyl groups is 1. The first kappa shape index (κ1) is 91.1. The molecular formula is C74H144O17P2. The molecule has 0 bridgehead atoms. The smallest absolute Gasteiger partial charge is 0.462 e. The first-order valence-corrected chi connectivity index (χ1v) is 41.2. The fourth-order valence-corrected chi connectivity index (χ4v) is 12.7. The lowest BCUT2D eigenvalue weighted by atomic mass is 10.00. The third kappa shape index (κ3) is 67.0. The fraction of sp³-hybridized carbons (Fsp3) is 0.946. The molecular weight excluding hydrogens is 1220 g/mol. The topological polar surface area (TPSA) is 237 Å². The Morgan fingerprint density at radius 1 is 0.301 bits per heavy atom. The Bertz CT molecular complexity index is 1840. The molecule has 0 heterocycles. The van der Waals surface area contributed by atoms with Gasteiger partial charge in [-0.2, -0.15) is 0 Å². The number of unbranched alkanes of at least 4 members (excludes halogenated alkanes) is 36. The zero-order valence-electron chi connectivity index (χ0n) is 60.9. The summed E-state index contributed by atoms with van der Waals surface area (Å²) in [7, 11) is -9.91. The minimum atomic E-state index is -4.96. The van der Waals surface area contributed by atoms with Crippen molar-refractivity contribution >= 4 is 39.5 Å². The number of ether oxygens (including phenoxy) is 4. The van der Waals surface area contributed by atoms with Crippen LogP contribution in [0.15, 0.2) is 0 Å². The van der Waals surface area contributed by atoms with E-state index in [4.69, 9.17) is 37.0 Å². The van der Waals surface area contributed by atoms with E-state index in [-0.39, 0.29) is 25.7 Å². The van der Waals surface area contributed by atoms with Gasteiger partial charge >= 0.3 is 39.5 Å². The number of rotatable bonds is 71. The largest absolute Gasteiger partial charge is 0.472 e. The van der Waals surface area contributed by atoms with E-state index in [1.54, 1.807) is 0 Å². The summed E-state index contributed by atoms with van der Waals surface area (Å²) in [6.45, 7) is 14.1. The second kappa shape index (κ2) is 63.5. The molecule has 0 rings (SSSR count). The molecule has 0 aliphatic rings. The quantitative estimate of drug-likeness (QED) is 0.0222. The van der Waals surface area contributed by atoms with Crippen molar-refractivity contribution in [3.05, 3.63) is 0 Å². The van der Waals surface area contributed by atoms with Gasteiger partial charge in [0.05, 0.1) is 26.4 Å². The summed E-state index contributed by atoms with van der Waals surface area (Å²) in [5.74, 6) is 0.885. The first-order valence-electron chi connectivity index (χ1n) is 38.2. The zero-order chi connectivity index (χ0) is 68.9. The van der Waals surface area contributed by atoms with E-state index < -0.39 is 97.5 Å². The van der Waals surface area contributed by atoms with Gasteiger partial charge in [0.25, 0.3) is 0 Å². The van der Waals surface area contributed by atoms with E-state index in [0.717, 1.165) is 114 Å². The lowest BCUT2D eigenvalue weighted by Gasteiger charge is -2.21. The number of phosphoric acid groups is 2. The molecule has 3 unspecified atom stereocenters. The van der Waals surface area contributed by atoms with E-state index >= 15 is 0 Å². The van der Waals surface area contributed by atoms with Gasteiger partial charge in [-0.15, -0.1) is 0 Å². The van der Waals surface area contributed by atoms with Crippen molar-refractivity contribution in [3.63, 3.8) is 0 Å². The normalized spacial score (nSPS) is 14.5. The summed E-state index contributed by atoms with van der Waals surface area (Å²) in [4.78, 5) is 72.7. The van der Waals surface area contributed by atoms with Crippen LogP contribution in [0.5, 0.6) is 0 Å². The highest BCUT2D eigenvalue weighted by Gasteiger charge is 2.30. The standard InChI is InChI=1S/C74H144O17P2/c1-9-67(8)53-45-37-32-33-39-47-55-72(77)85-61-70(91-74(79)57-49-41-31-25-28-36-44-52-66(6)7)63-89-93(82,83)87-59-68(75)58-86-92(80,81)88-62-69(60-84-71(76)54-46-38-29-23-19-16-15-18-22-27-35-43-51-65(4)5)90-73(78)56-48-40-30-24-20-14-12-10-11-13-17-21-26-34-42-50-64(2)3/h64-70,75H,9-63H2,1-8H3,(H,80,81)(H,82,83)/t67?,68-,69-,70-/m1/s1. The zero-order valence-corrected chi connectivity index (χ0v) is 62.7. The highest BCUT2D eigenvalue weighted by molar-refractivity contribution is 7.47. The summed E-state index contributed by atoms with van der Waals surface area (Å²) < 4.78 is 68.4. The van der Waals surface area contributed by atoms with Crippen LogP contribution in [-0.2, 0) is 65.4 Å². The van der Waals surface area contributed by atoms with E-state index in [2.05, 4.69) is 55.4 Å². The lowest BCUT2D eigenvalue weighted by molar-refractivity contribution is -0.161. The summed E-state index contributed by atoms with van der Waals surface area (Å²) in [5, 5.41) is 10.6. The van der Waals surface area contributed by atoms with E-state index in [1.165, 1.54) is 167 Å². The summed E-state index contributed by atoms with van der Waals surface area (Å²) in [6.07, 6.45) is 47.3. The van der Waals surface area contributed by atoms with Gasteiger partial charge in [0.2, 0.25) is 0 Å². The SMILES string of the molecule is CCC(C)CCCCCCCCC(=O)OC[C@H](COP(=O)(O)OC[C@H](O)COP(=O)(O)OC[C@@H](COC(=O)CCCCCCCCCCCCCCC(C)C)OC(=O)CCCCCCCCCCCCCCCCCC(C)C)OC(=O)CCCCCCCCCC(C)C. The maximum atomic E-state index is 13.1. The van der Waals surface area contributed by atoms with Crippen LogP contribution in [0, 0.1) is 23.7 Å². The lowest BCUT2D eigenvalue weighted by Crippen LogP contribution is -2.30. The Kier molecular flexibility index (Phi) is 62.2. The fourth-order valence-electron chi connectivity index (χ4n) is 11.2. The number of phosphoric ester groups is 2. The maximum Gasteiger partial charge on any atom is 0.472 e. The monoisotopic (exact) mass is 1370 g/mol. The van der Waals surface area contributed by atoms with Crippen LogP contribution in [0.2, 0.25) is 0 Å². The summed E-state index contributed by atoms with van der Waals surface area (Å²) in [5.41, 5.74) is 0. The number of hydrogen-bond donors (Lipinski definition) is 3. The van der Waals surface area contributed by atoms with Gasteiger partial charge in [0, 0.05) is 25.7 Å². The van der Waals surface area contributed by atoms with Crippen molar-refractivity contribution in [2.45, 2.75) is 388 Å². The third-order valence-electron chi connectivity index (χ3n) is 17.4. The van der Waals surface area contributed by atoms with Gasteiger partial charge in [0.15, 0.2) is 12.2 Å². The third-order valence-corrected chi connectivity index (χ3v) is 19.3. The van der Waals surface area contributed by atoms with E-state index in [0.29, 0.717) is 31.6 Å². The molecule has 6 atom stereocenters. The maximum absolute atomic E-state index is 13.1. The molecule has 93 heavy (non-hydrogen) atoms. The number of carbonyl (C=O) groups excluding carboxylic acids is 4. The van der Waals surface area contributed by atoms with Crippen LogP contribution < -0.4 is 0 Å². The average molecular weight is 1370 g/mol. The Hall–Kier alpha value is -1.94. The molecule has 552 valence electrons. The van der Waals surface area contributed by atoms with Gasteiger partial charge in [-0.25, -0.2) is 9.13 Å². The molecule has 0 aliphatic carbocycles. The molecule has 3 N–H and O–H groups in total. The number of carbonyl (C=O) groups is 4. The molecule has 17 nitrogen and oxygen atoms in total. The van der Waals surface area contributed by atoms with Gasteiger partial charge in [-0.3, -0.25) is 37.3 Å². The molecule has 0 aliphatic heterocycles. The van der Waals surface area contributed by atoms with Crippen LogP contribution in [0.25, 0.3) is 0 Å². The molecule has 0 aromatic heterocycles. The van der Waals surface area contributed by atoms with Crippen LogP contribution in [0.3, 0.4) is 0 Å². The van der Waals surface area contributed by atoms with Crippen LogP contribution in [0.1, 0.15) is 370 Å². The first-order chi connectivity index (χ1) is 44.6. The molecule has 0 spiro atoms. The molecule has 0 amide bonds. The van der Waals surface area contributed by atoms with Crippen molar-refractivity contribution in [1.29, 1.82) is 0 Å². The highest BCUT2D eigenvalue weighted by atomic mass is 31.2. The van der Waals surface area contributed by atoms with Crippen molar-refractivity contribution in [1.82, 2.24) is 0 Å². The predicted molar refractivity (Wildman–Crippen MR) is 377 cm³/mol. The number of aliphatic hydroxyl groups excluding tert-OH is 1. The van der Waals surface area contributed by atoms with Crippen LogP contribution in [-0.4, -0.2) is 96.7 Å². The summed E-state index contributed by atoms with van der Waals surface area (Å²) >= 11 is 0. The van der Waals surface area contributed by atoms with Crippen molar-refractivity contribution in [2.24, 2.45) is 23.7 Å². The molecule has 0 saturated heterocycles. The molecule has 0 fully saturated rings. The van der Waals surface area contributed by atoms with E-state index in [9.17, 15) is 43.2 Å². The predicted octanol–water partition coefficient (Wildman–Crippen LogP) is 21.3. The Labute approximate surface area is 568 Å². The highest BCUT2D eigenvalue weighted by Crippen LogP contribution is 2.45. The van der Waals surface area contributed by atoms with Gasteiger partial charge in [-0.1, -0.05) is 319 Å². The minimum Gasteiger partial charge on any atom is -0.462 e. The van der Waals surface area contributed by atoms with Gasteiger partial charge < -0.3 is 33.8 Å². The van der Waals surface area contributed by atoms with Crippen LogP contribution in [0.4, 0.5) is 0 Å². The average Bonchev–Trinajstić information content (AvgIpc) is 1.87. The molecule has 0 saturated carbocycles. The minimum absolute atomic E-state index is 0.102. The Balaban J connectivity index is 5.24. The molecule has 0 radical (unpaired) electrons. The van der Waals surface area contributed by atoms with Crippen molar-refractivity contribution < 1.29 is 80.2 Å². The Morgan fingerprint density at radius 2 is 0.516 bits per heavy atom. The summed E-state index contributed by atoms with van der Waals surface area (Å²) in [6, 6.07) is 0. The second-order valence-electron chi connectivity index (χ2n) is 28.4. The van der Waals surface area contributed by atoms with Crippen molar-refractivity contribution in [3.8, 4) is 0 Å².